The van der Waals surface area contributed by atoms with Gasteiger partial charge in [0.25, 0.3) is 5.91 Å². The number of carbonyl (C=O) groups excluding carboxylic acids is 1. The van der Waals surface area contributed by atoms with E-state index >= 15 is 0 Å². The smallest absolute Gasteiger partial charge is 0.259 e. The minimum atomic E-state index is -0.231. The molecule has 0 saturated heterocycles. The van der Waals surface area contributed by atoms with Crippen LogP contribution < -0.4 is 10.1 Å². The molecule has 1 aromatic heterocycles. The molecule has 0 atom stereocenters. The van der Waals surface area contributed by atoms with Crippen molar-refractivity contribution < 1.29 is 13.9 Å². The van der Waals surface area contributed by atoms with Crippen molar-refractivity contribution in [3.8, 4) is 17.2 Å². The molecule has 0 aliphatic heterocycles. The van der Waals surface area contributed by atoms with Crippen LogP contribution in [0.1, 0.15) is 21.5 Å². The normalized spacial score (nSPS) is 10.8. The number of hydrogen-bond acceptors (Lipinski definition) is 4. The predicted octanol–water partition coefficient (Wildman–Crippen LogP) is 5.37. The lowest BCUT2D eigenvalue weighted by atomic mass is 10.1. The molecule has 0 fully saturated rings. The van der Waals surface area contributed by atoms with E-state index in [1.54, 1.807) is 25.3 Å². The standard InChI is InChI=1S/C23H20N2O3/c1-14-11-12-21-19(13-14)25-23(28-21)16-8-6-9-18(15(16)2)24-22(26)17-7-4-5-10-20(17)27-3/h4-13H,1-3H3,(H,24,26). The van der Waals surface area contributed by atoms with Gasteiger partial charge in [-0.25, -0.2) is 4.98 Å². The van der Waals surface area contributed by atoms with Crippen LogP contribution in [0.2, 0.25) is 0 Å². The molecule has 140 valence electrons. The maximum absolute atomic E-state index is 12.7. The number of nitrogens with one attached hydrogen (secondary N) is 1. The van der Waals surface area contributed by atoms with Gasteiger partial charge in [-0.05, 0) is 61.4 Å². The summed E-state index contributed by atoms with van der Waals surface area (Å²) >= 11 is 0. The van der Waals surface area contributed by atoms with E-state index in [9.17, 15) is 4.79 Å². The van der Waals surface area contributed by atoms with Crippen LogP contribution in [0.3, 0.4) is 0 Å². The predicted molar refractivity (Wildman–Crippen MR) is 110 cm³/mol. The fraction of sp³-hybridized carbons (Fsp3) is 0.130. The summed E-state index contributed by atoms with van der Waals surface area (Å²) in [5.74, 6) is 0.834. The summed E-state index contributed by atoms with van der Waals surface area (Å²) in [6.45, 7) is 3.96. The lowest BCUT2D eigenvalue weighted by Gasteiger charge is -2.12. The Hall–Kier alpha value is -3.60. The minimum Gasteiger partial charge on any atom is -0.496 e. The monoisotopic (exact) mass is 372 g/mol. The van der Waals surface area contributed by atoms with Crippen molar-refractivity contribution in [2.45, 2.75) is 13.8 Å². The number of fused-ring (bicyclic) bond motifs is 1. The van der Waals surface area contributed by atoms with Gasteiger partial charge in [-0.1, -0.05) is 24.3 Å². The summed E-state index contributed by atoms with van der Waals surface area (Å²) in [4.78, 5) is 17.4. The minimum absolute atomic E-state index is 0.231. The maximum Gasteiger partial charge on any atom is 0.259 e. The van der Waals surface area contributed by atoms with Crippen molar-refractivity contribution in [2.75, 3.05) is 12.4 Å². The Labute approximate surface area is 163 Å². The average Bonchev–Trinajstić information content (AvgIpc) is 3.12. The van der Waals surface area contributed by atoms with Gasteiger partial charge in [0.15, 0.2) is 5.58 Å². The SMILES string of the molecule is COc1ccccc1C(=O)Nc1cccc(-c2nc3cc(C)ccc3o2)c1C. The molecule has 1 heterocycles. The number of ether oxygens (including phenoxy) is 1. The summed E-state index contributed by atoms with van der Waals surface area (Å²) in [5.41, 5.74) is 5.59. The van der Waals surface area contributed by atoms with E-state index in [1.165, 1.54) is 0 Å². The van der Waals surface area contributed by atoms with Gasteiger partial charge in [0.05, 0.1) is 12.7 Å². The van der Waals surface area contributed by atoms with Crippen LogP contribution in [-0.4, -0.2) is 18.0 Å². The zero-order valence-electron chi connectivity index (χ0n) is 15.9. The molecule has 28 heavy (non-hydrogen) atoms. The molecular formula is C23H20N2O3. The van der Waals surface area contributed by atoms with Gasteiger partial charge in [0.2, 0.25) is 5.89 Å². The van der Waals surface area contributed by atoms with Crippen LogP contribution in [0, 0.1) is 13.8 Å². The van der Waals surface area contributed by atoms with E-state index in [1.807, 2.05) is 56.3 Å². The first-order valence-electron chi connectivity index (χ1n) is 8.98. The van der Waals surface area contributed by atoms with E-state index in [-0.39, 0.29) is 5.91 Å². The number of rotatable bonds is 4. The lowest BCUT2D eigenvalue weighted by Crippen LogP contribution is -2.14. The Kier molecular flexibility index (Phi) is 4.57. The summed E-state index contributed by atoms with van der Waals surface area (Å²) in [5, 5.41) is 2.97. The molecule has 5 heteroatoms. The van der Waals surface area contributed by atoms with E-state index < -0.39 is 0 Å². The molecule has 0 spiro atoms. The van der Waals surface area contributed by atoms with Crippen LogP contribution in [0.4, 0.5) is 5.69 Å². The largest absolute Gasteiger partial charge is 0.496 e. The van der Waals surface area contributed by atoms with Gasteiger partial charge in [0.1, 0.15) is 11.3 Å². The Morgan fingerprint density at radius 1 is 1.04 bits per heavy atom. The fourth-order valence-corrected chi connectivity index (χ4v) is 3.18. The Bertz CT molecular complexity index is 1180. The van der Waals surface area contributed by atoms with Crippen LogP contribution in [-0.2, 0) is 0 Å². The molecule has 1 N–H and O–H groups in total. The highest BCUT2D eigenvalue weighted by molar-refractivity contribution is 6.06. The quantitative estimate of drug-likeness (QED) is 0.523. The molecule has 0 aliphatic rings. The molecule has 0 bridgehead atoms. The highest BCUT2D eigenvalue weighted by atomic mass is 16.5. The first kappa shape index (κ1) is 17.8. The third kappa shape index (κ3) is 3.22. The second-order valence-electron chi connectivity index (χ2n) is 6.62. The van der Waals surface area contributed by atoms with Crippen molar-refractivity contribution in [3.63, 3.8) is 0 Å². The topological polar surface area (TPSA) is 64.4 Å². The van der Waals surface area contributed by atoms with Gasteiger partial charge in [-0.15, -0.1) is 0 Å². The van der Waals surface area contributed by atoms with Gasteiger partial charge in [-0.3, -0.25) is 4.79 Å². The van der Waals surface area contributed by atoms with E-state index in [0.29, 0.717) is 22.9 Å². The second-order valence-corrected chi connectivity index (χ2v) is 6.62. The summed E-state index contributed by atoms with van der Waals surface area (Å²) < 4.78 is 11.2. The average molecular weight is 372 g/mol. The molecule has 3 aromatic carbocycles. The molecule has 1 amide bonds. The van der Waals surface area contributed by atoms with E-state index in [4.69, 9.17) is 9.15 Å². The molecule has 0 aliphatic carbocycles. The third-order valence-corrected chi connectivity index (χ3v) is 4.71. The van der Waals surface area contributed by atoms with Crippen molar-refractivity contribution in [2.24, 2.45) is 0 Å². The second kappa shape index (κ2) is 7.19. The third-order valence-electron chi connectivity index (χ3n) is 4.71. The summed E-state index contributed by atoms with van der Waals surface area (Å²) in [6.07, 6.45) is 0. The van der Waals surface area contributed by atoms with Crippen LogP contribution in [0.5, 0.6) is 5.75 Å². The number of hydrogen-bond donors (Lipinski definition) is 1. The Balaban J connectivity index is 1.69. The van der Waals surface area contributed by atoms with E-state index in [2.05, 4.69) is 10.3 Å². The first-order valence-corrected chi connectivity index (χ1v) is 8.98. The highest BCUT2D eigenvalue weighted by Gasteiger charge is 2.16. The Morgan fingerprint density at radius 3 is 2.68 bits per heavy atom. The number of amides is 1. The zero-order chi connectivity index (χ0) is 19.7. The molecule has 0 saturated carbocycles. The van der Waals surface area contributed by atoms with Gasteiger partial charge in [-0.2, -0.15) is 0 Å². The lowest BCUT2D eigenvalue weighted by molar-refractivity contribution is 0.102. The van der Waals surface area contributed by atoms with E-state index in [0.717, 1.165) is 27.8 Å². The summed E-state index contributed by atoms with van der Waals surface area (Å²) in [6, 6.07) is 18.7. The molecular weight excluding hydrogens is 352 g/mol. The van der Waals surface area contributed by atoms with Crippen LogP contribution in [0.15, 0.2) is 65.1 Å². The Morgan fingerprint density at radius 2 is 1.86 bits per heavy atom. The van der Waals surface area contributed by atoms with Crippen molar-refractivity contribution in [3.05, 3.63) is 77.4 Å². The maximum atomic E-state index is 12.7. The number of anilines is 1. The molecule has 5 nitrogen and oxygen atoms in total. The van der Waals surface area contributed by atoms with Crippen molar-refractivity contribution in [1.29, 1.82) is 0 Å². The summed E-state index contributed by atoms with van der Waals surface area (Å²) in [7, 11) is 1.55. The van der Waals surface area contributed by atoms with Gasteiger partial charge >= 0.3 is 0 Å². The molecule has 4 aromatic rings. The number of carbonyl (C=O) groups is 1. The molecule has 0 radical (unpaired) electrons. The number of aromatic nitrogens is 1. The number of para-hydroxylation sites is 1. The number of methoxy groups -OCH3 is 1. The van der Waals surface area contributed by atoms with Gasteiger partial charge < -0.3 is 14.5 Å². The number of oxazole rings is 1. The van der Waals surface area contributed by atoms with Crippen LogP contribution in [0.25, 0.3) is 22.6 Å². The fourth-order valence-electron chi connectivity index (χ4n) is 3.18. The highest BCUT2D eigenvalue weighted by Crippen LogP contribution is 2.31. The molecule has 4 rings (SSSR count). The molecule has 0 unspecified atom stereocenters. The first-order chi connectivity index (χ1) is 13.6. The van der Waals surface area contributed by atoms with Crippen molar-refractivity contribution >= 4 is 22.7 Å². The number of benzene rings is 3. The number of aryl methyl sites for hydroxylation is 1. The zero-order valence-corrected chi connectivity index (χ0v) is 15.9. The number of nitrogens with zero attached hydrogens (tertiary/aromatic N) is 1. The van der Waals surface area contributed by atoms with Gasteiger partial charge in [0, 0.05) is 11.3 Å². The van der Waals surface area contributed by atoms with Crippen LogP contribution >= 0.6 is 0 Å². The van der Waals surface area contributed by atoms with Crippen molar-refractivity contribution in [1.82, 2.24) is 4.98 Å².